The number of nitriles is 1. The summed E-state index contributed by atoms with van der Waals surface area (Å²) >= 11 is 12.8. The van der Waals surface area contributed by atoms with Gasteiger partial charge in [-0.3, -0.25) is 4.79 Å². The maximum Gasteiger partial charge on any atom is 0.253 e. The van der Waals surface area contributed by atoms with Gasteiger partial charge in [0.25, 0.3) is 5.91 Å². The first-order valence-electron chi connectivity index (χ1n) is 13.9. The van der Waals surface area contributed by atoms with Gasteiger partial charge >= 0.3 is 0 Å². The van der Waals surface area contributed by atoms with Crippen LogP contribution in [0.25, 0.3) is 16.9 Å². The lowest BCUT2D eigenvalue weighted by Gasteiger charge is -2.54. The van der Waals surface area contributed by atoms with Crippen molar-refractivity contribution < 1.29 is 4.79 Å². The van der Waals surface area contributed by atoms with Crippen LogP contribution in [-0.4, -0.2) is 17.0 Å². The average molecular weight is 547 g/mol. The van der Waals surface area contributed by atoms with E-state index in [1.165, 1.54) is 38.5 Å². The van der Waals surface area contributed by atoms with E-state index in [1.54, 1.807) is 24.3 Å². The van der Waals surface area contributed by atoms with Crippen molar-refractivity contribution in [1.29, 1.82) is 5.26 Å². The van der Waals surface area contributed by atoms with Crippen molar-refractivity contribution in [2.24, 2.45) is 29.6 Å². The maximum absolute atomic E-state index is 13.4. The summed E-state index contributed by atoms with van der Waals surface area (Å²) in [4.78, 5) is 13.4. The van der Waals surface area contributed by atoms with Crippen molar-refractivity contribution in [2.75, 3.05) is 6.54 Å². The molecular weight excluding hydrogens is 513 g/mol. The summed E-state index contributed by atoms with van der Waals surface area (Å²) in [6.45, 7) is 2.66. The van der Waals surface area contributed by atoms with E-state index >= 15 is 0 Å². The predicted octanol–water partition coefficient (Wildman–Crippen LogP) is 8.21. The molecule has 0 unspecified atom stereocenters. The fourth-order valence-corrected chi connectivity index (χ4v) is 8.40. The third-order valence-electron chi connectivity index (χ3n) is 9.38. The number of hydrogen-bond donors (Lipinski definition) is 1. The highest BCUT2D eigenvalue weighted by molar-refractivity contribution is 6.35. The molecule has 0 spiro atoms. The Labute approximate surface area is 234 Å². The van der Waals surface area contributed by atoms with Crippen molar-refractivity contribution in [3.63, 3.8) is 0 Å². The van der Waals surface area contributed by atoms with Crippen LogP contribution in [0.4, 0.5) is 0 Å². The molecule has 4 aliphatic rings. The lowest BCUT2D eigenvalue weighted by atomic mass is 9.51. The van der Waals surface area contributed by atoms with E-state index in [0.29, 0.717) is 27.7 Å². The largest absolute Gasteiger partial charge is 0.352 e. The molecule has 3 aromatic rings. The molecule has 0 radical (unpaired) electrons. The molecule has 1 aromatic heterocycles. The Balaban J connectivity index is 1.20. The first-order valence-corrected chi connectivity index (χ1v) is 14.6. The van der Waals surface area contributed by atoms with Gasteiger partial charge < -0.3 is 9.88 Å². The Hall–Kier alpha value is -2.74. The molecule has 4 nitrogen and oxygen atoms in total. The minimum atomic E-state index is -0.0636. The van der Waals surface area contributed by atoms with Crippen molar-refractivity contribution in [1.82, 2.24) is 9.88 Å². The Morgan fingerprint density at radius 3 is 2.34 bits per heavy atom. The smallest absolute Gasteiger partial charge is 0.253 e. The van der Waals surface area contributed by atoms with Crippen LogP contribution < -0.4 is 5.32 Å². The highest BCUT2D eigenvalue weighted by Gasteiger charge is 2.47. The summed E-state index contributed by atoms with van der Waals surface area (Å²) in [5.74, 6) is 4.65. The van der Waals surface area contributed by atoms with Gasteiger partial charge in [-0.25, -0.2) is 0 Å². The fourth-order valence-electron chi connectivity index (χ4n) is 7.90. The lowest BCUT2D eigenvalue weighted by Crippen LogP contribution is -2.45. The van der Waals surface area contributed by atoms with Gasteiger partial charge in [0, 0.05) is 17.8 Å². The van der Waals surface area contributed by atoms with Gasteiger partial charge in [0.2, 0.25) is 0 Å². The molecule has 1 amide bonds. The standard InChI is InChI=1S/C32H33Cl2N3O/c1-19-28(32(38)36-10-2-3-27-24-12-21-11-22(14-24)15-25(27)13-21)18-37(30-9-8-26(33)16-29(30)34)31(19)23-6-4-20(17-35)5-7-23/h4-9,16,18,21-22,24-25,27H,2-3,10-15H2,1H3,(H,36,38). The van der Waals surface area contributed by atoms with Crippen LogP contribution in [0.3, 0.4) is 0 Å². The molecular formula is C32H33Cl2N3O. The van der Waals surface area contributed by atoms with E-state index in [9.17, 15) is 10.1 Å². The van der Waals surface area contributed by atoms with Crippen LogP contribution in [0.15, 0.2) is 48.7 Å². The van der Waals surface area contributed by atoms with E-state index < -0.39 is 0 Å². The van der Waals surface area contributed by atoms with Gasteiger partial charge in [0.15, 0.2) is 0 Å². The summed E-state index contributed by atoms with van der Waals surface area (Å²) in [6.07, 6.45) is 11.4. The molecule has 4 aliphatic carbocycles. The van der Waals surface area contributed by atoms with Crippen molar-refractivity contribution >= 4 is 29.1 Å². The number of amides is 1. The van der Waals surface area contributed by atoms with E-state index in [-0.39, 0.29) is 5.91 Å². The highest BCUT2D eigenvalue weighted by atomic mass is 35.5. The van der Waals surface area contributed by atoms with Gasteiger partial charge in [-0.05, 0) is 123 Å². The Morgan fingerprint density at radius 1 is 1.03 bits per heavy atom. The predicted molar refractivity (Wildman–Crippen MR) is 153 cm³/mol. The third kappa shape index (κ3) is 4.76. The number of hydrogen-bond acceptors (Lipinski definition) is 2. The van der Waals surface area contributed by atoms with Gasteiger partial charge in [0.05, 0.1) is 33.6 Å². The SMILES string of the molecule is Cc1c(C(=O)NCCCC2C3CC4CC(C3)CC2C4)cn(-c2ccc(Cl)cc2Cl)c1-c1ccc(C#N)cc1. The molecule has 38 heavy (non-hydrogen) atoms. The molecule has 7 rings (SSSR count). The van der Waals surface area contributed by atoms with Crippen molar-refractivity contribution in [2.45, 2.75) is 51.9 Å². The molecule has 0 aliphatic heterocycles. The molecule has 1 heterocycles. The van der Waals surface area contributed by atoms with E-state index in [1.807, 2.05) is 35.9 Å². The minimum Gasteiger partial charge on any atom is -0.352 e. The summed E-state index contributed by atoms with van der Waals surface area (Å²) < 4.78 is 1.96. The van der Waals surface area contributed by atoms with Crippen LogP contribution in [0, 0.1) is 47.8 Å². The highest BCUT2D eigenvalue weighted by Crippen LogP contribution is 2.57. The minimum absolute atomic E-state index is 0.0636. The molecule has 4 saturated carbocycles. The van der Waals surface area contributed by atoms with E-state index in [4.69, 9.17) is 23.2 Å². The first-order chi connectivity index (χ1) is 18.4. The number of nitrogens with zero attached hydrogens (tertiary/aromatic N) is 2. The van der Waals surface area contributed by atoms with Crippen LogP contribution in [0.5, 0.6) is 0 Å². The zero-order valence-electron chi connectivity index (χ0n) is 21.7. The number of aromatic nitrogens is 1. The maximum atomic E-state index is 13.4. The molecule has 0 saturated heterocycles. The topological polar surface area (TPSA) is 57.8 Å². The van der Waals surface area contributed by atoms with Gasteiger partial charge in [-0.1, -0.05) is 35.3 Å². The van der Waals surface area contributed by atoms with E-state index in [2.05, 4.69) is 11.4 Å². The molecule has 196 valence electrons. The molecule has 1 N–H and O–H groups in total. The normalized spacial score (nSPS) is 25.4. The molecule has 2 aromatic carbocycles. The lowest BCUT2D eigenvalue weighted by molar-refractivity contribution is -0.0401. The first kappa shape index (κ1) is 25.5. The van der Waals surface area contributed by atoms with E-state index in [0.717, 1.165) is 58.5 Å². The summed E-state index contributed by atoms with van der Waals surface area (Å²) in [5.41, 5.74) is 4.63. The van der Waals surface area contributed by atoms with Crippen molar-refractivity contribution in [3.8, 4) is 23.0 Å². The van der Waals surface area contributed by atoms with Gasteiger partial charge in [0.1, 0.15) is 0 Å². The second-order valence-corrected chi connectivity index (χ2v) is 12.5. The fraction of sp³-hybridized carbons (Fsp3) is 0.438. The summed E-state index contributed by atoms with van der Waals surface area (Å²) in [7, 11) is 0. The second-order valence-electron chi connectivity index (χ2n) is 11.7. The number of rotatable bonds is 7. The van der Waals surface area contributed by atoms with Crippen LogP contribution in [0.1, 0.15) is 66.4 Å². The number of carbonyl (C=O) groups excluding carboxylic acids is 1. The molecule has 0 atom stereocenters. The van der Waals surface area contributed by atoms with Crippen LogP contribution >= 0.6 is 23.2 Å². The Bertz CT molecular complexity index is 1370. The number of nitrogens with one attached hydrogen (secondary N) is 1. The molecule has 6 heteroatoms. The van der Waals surface area contributed by atoms with Crippen LogP contribution in [-0.2, 0) is 0 Å². The van der Waals surface area contributed by atoms with Crippen molar-refractivity contribution in [3.05, 3.63) is 75.4 Å². The van der Waals surface area contributed by atoms with Gasteiger partial charge in [-0.2, -0.15) is 5.26 Å². The summed E-state index contributed by atoms with van der Waals surface area (Å²) in [6, 6.07) is 14.9. The number of halogens is 2. The zero-order chi connectivity index (χ0) is 26.4. The Morgan fingerprint density at radius 2 is 1.71 bits per heavy atom. The molecule has 4 fully saturated rings. The third-order valence-corrected chi connectivity index (χ3v) is 9.92. The molecule has 4 bridgehead atoms. The Kier molecular flexibility index (Phi) is 7.01. The van der Waals surface area contributed by atoms with Crippen LogP contribution in [0.2, 0.25) is 10.0 Å². The average Bonchev–Trinajstić information content (AvgIpc) is 3.24. The number of benzene rings is 2. The zero-order valence-corrected chi connectivity index (χ0v) is 23.2. The second kappa shape index (κ2) is 10.4. The quantitative estimate of drug-likeness (QED) is 0.304. The number of carbonyl (C=O) groups is 1. The van der Waals surface area contributed by atoms with Gasteiger partial charge in [-0.15, -0.1) is 0 Å². The monoisotopic (exact) mass is 545 g/mol. The summed E-state index contributed by atoms with van der Waals surface area (Å²) in [5, 5.41) is 13.5.